The van der Waals surface area contributed by atoms with Crippen LogP contribution in [0.4, 0.5) is 0 Å². The Kier molecular flexibility index (Phi) is 7.93. The van der Waals surface area contributed by atoms with E-state index in [2.05, 4.69) is 13.8 Å². The number of benzene rings is 1. The van der Waals surface area contributed by atoms with E-state index in [1.54, 1.807) is 31.2 Å². The Morgan fingerprint density at radius 1 is 0.889 bits per heavy atom. The summed E-state index contributed by atoms with van der Waals surface area (Å²) in [7, 11) is 0. The Morgan fingerprint density at radius 3 is 1.50 bits per heavy atom. The van der Waals surface area contributed by atoms with Crippen molar-refractivity contribution in [3.8, 4) is 0 Å². The third-order valence-electron chi connectivity index (χ3n) is 2.74. The summed E-state index contributed by atoms with van der Waals surface area (Å²) < 4.78 is 0. The van der Waals surface area contributed by atoms with Crippen LogP contribution in [0.15, 0.2) is 24.3 Å². The molecule has 0 unspecified atom stereocenters. The van der Waals surface area contributed by atoms with Crippen molar-refractivity contribution >= 4 is 11.6 Å². The molecule has 0 N–H and O–H groups in total. The van der Waals surface area contributed by atoms with Crippen LogP contribution in [0.3, 0.4) is 0 Å². The van der Waals surface area contributed by atoms with Crippen LogP contribution in [0, 0.1) is 5.92 Å². The number of fused-ring (bicyclic) bond motifs is 1. The highest BCUT2D eigenvalue weighted by Gasteiger charge is 2.34. The summed E-state index contributed by atoms with van der Waals surface area (Å²) in [6.45, 7) is 10.0. The van der Waals surface area contributed by atoms with Gasteiger partial charge >= 0.3 is 0 Å². The maximum Gasteiger partial charge on any atom is 0.174 e. The third kappa shape index (κ3) is 3.80. The van der Waals surface area contributed by atoms with Crippen molar-refractivity contribution in [2.45, 2.75) is 47.5 Å². The van der Waals surface area contributed by atoms with E-state index in [4.69, 9.17) is 0 Å². The number of rotatable bonds is 1. The Hall–Kier alpha value is -1.44. The molecule has 2 heteroatoms. The van der Waals surface area contributed by atoms with Crippen molar-refractivity contribution in [1.82, 2.24) is 0 Å². The fourth-order valence-electron chi connectivity index (χ4n) is 1.50. The van der Waals surface area contributed by atoms with Crippen molar-refractivity contribution < 1.29 is 9.59 Å². The van der Waals surface area contributed by atoms with E-state index in [0.717, 1.165) is 0 Å². The first-order valence-corrected chi connectivity index (χ1v) is 6.80. The van der Waals surface area contributed by atoms with Crippen LogP contribution in [0.2, 0.25) is 0 Å². The predicted molar refractivity (Wildman–Crippen MR) is 76.2 cm³/mol. The second kappa shape index (κ2) is 8.62. The van der Waals surface area contributed by atoms with Gasteiger partial charge in [-0.2, -0.15) is 0 Å². The summed E-state index contributed by atoms with van der Waals surface area (Å²) in [5.41, 5.74) is 1.16. The normalized spacial score (nSPS) is 13.2. The van der Waals surface area contributed by atoms with Gasteiger partial charge < -0.3 is 0 Å². The molecule has 0 radical (unpaired) electrons. The number of carbonyl (C=O) groups excluding carboxylic acids is 2. The summed E-state index contributed by atoms with van der Waals surface area (Å²) in [6.07, 6.45) is 2.64. The summed E-state index contributed by atoms with van der Waals surface area (Å²) in [4.78, 5) is 22.8. The lowest BCUT2D eigenvalue weighted by Crippen LogP contribution is -2.09. The molecule has 0 aliphatic heterocycles. The van der Waals surface area contributed by atoms with Crippen LogP contribution in [-0.2, 0) is 0 Å². The van der Waals surface area contributed by atoms with Crippen LogP contribution in [0.25, 0.3) is 0 Å². The van der Waals surface area contributed by atoms with Gasteiger partial charge in [-0.15, -0.1) is 0 Å². The molecular weight excluding hydrogens is 224 g/mol. The van der Waals surface area contributed by atoms with E-state index >= 15 is 0 Å². The lowest BCUT2D eigenvalue weighted by molar-refractivity contribution is 0.0852. The number of ketones is 2. The van der Waals surface area contributed by atoms with Gasteiger partial charge in [-0.25, -0.2) is 0 Å². The molecule has 0 fully saturated rings. The molecule has 0 spiro atoms. The van der Waals surface area contributed by atoms with Crippen LogP contribution in [0.5, 0.6) is 0 Å². The molecular formula is C16H24O2. The van der Waals surface area contributed by atoms with E-state index in [1.807, 2.05) is 13.8 Å². The van der Waals surface area contributed by atoms with Gasteiger partial charge in [0.25, 0.3) is 0 Å². The average Bonchev–Trinajstić information content (AvgIpc) is 2.67. The molecule has 1 aromatic rings. The minimum absolute atomic E-state index is 0.0457. The maximum absolute atomic E-state index is 11.4. The molecule has 1 aliphatic carbocycles. The van der Waals surface area contributed by atoms with Gasteiger partial charge in [-0.1, -0.05) is 64.8 Å². The standard InChI is InChI=1S/C10H8O2.C4H10.C2H6/c1-6-9(11)7-4-2-3-5-8(7)10(6)12;1-3-4-2;1-2/h2-6H,1H3;3-4H2,1-2H3;1-2H3. The fourth-order valence-corrected chi connectivity index (χ4v) is 1.50. The molecule has 2 nitrogen and oxygen atoms in total. The quantitative estimate of drug-likeness (QED) is 0.684. The van der Waals surface area contributed by atoms with E-state index in [-0.39, 0.29) is 11.6 Å². The minimum atomic E-state index is -0.470. The molecule has 0 amide bonds. The highest BCUT2D eigenvalue weighted by molar-refractivity contribution is 6.26. The Balaban J connectivity index is 0.000000415. The van der Waals surface area contributed by atoms with Gasteiger partial charge in [0.05, 0.1) is 5.92 Å². The van der Waals surface area contributed by atoms with Gasteiger partial charge in [0.15, 0.2) is 11.6 Å². The number of Topliss-reactive ketones (excluding diaryl/α,β-unsaturated/α-hetero) is 2. The molecule has 1 aliphatic rings. The van der Waals surface area contributed by atoms with Gasteiger partial charge in [-0.05, 0) is 6.92 Å². The molecule has 18 heavy (non-hydrogen) atoms. The van der Waals surface area contributed by atoms with Crippen molar-refractivity contribution in [3.05, 3.63) is 35.4 Å². The van der Waals surface area contributed by atoms with E-state index in [9.17, 15) is 9.59 Å². The van der Waals surface area contributed by atoms with Crippen LogP contribution >= 0.6 is 0 Å². The molecule has 0 atom stereocenters. The van der Waals surface area contributed by atoms with Crippen LogP contribution < -0.4 is 0 Å². The average molecular weight is 248 g/mol. The lowest BCUT2D eigenvalue weighted by Gasteiger charge is -1.92. The van der Waals surface area contributed by atoms with E-state index in [0.29, 0.717) is 11.1 Å². The zero-order valence-electron chi connectivity index (χ0n) is 12.1. The number of carbonyl (C=O) groups is 2. The Bertz CT molecular complexity index is 357. The van der Waals surface area contributed by atoms with Gasteiger partial charge in [-0.3, -0.25) is 9.59 Å². The zero-order chi connectivity index (χ0) is 14.1. The summed E-state index contributed by atoms with van der Waals surface area (Å²) in [5, 5.41) is 0. The van der Waals surface area contributed by atoms with Gasteiger partial charge in [0.1, 0.15) is 0 Å². The first-order chi connectivity index (χ1) is 8.63. The van der Waals surface area contributed by atoms with Gasteiger partial charge in [0.2, 0.25) is 0 Å². The van der Waals surface area contributed by atoms with E-state index < -0.39 is 5.92 Å². The maximum atomic E-state index is 11.4. The highest BCUT2D eigenvalue weighted by atomic mass is 16.2. The molecule has 0 aromatic heterocycles. The van der Waals surface area contributed by atoms with Gasteiger partial charge in [0, 0.05) is 11.1 Å². The second-order valence-corrected chi connectivity index (χ2v) is 4.00. The summed E-state index contributed by atoms with van der Waals surface area (Å²) in [6, 6.07) is 6.97. The van der Waals surface area contributed by atoms with Crippen molar-refractivity contribution in [3.63, 3.8) is 0 Å². The molecule has 0 saturated carbocycles. The number of unbranched alkanes of at least 4 members (excludes halogenated alkanes) is 1. The SMILES string of the molecule is CC.CC1C(=O)c2ccccc2C1=O.CCCC. The van der Waals surface area contributed by atoms with Crippen molar-refractivity contribution in [1.29, 1.82) is 0 Å². The van der Waals surface area contributed by atoms with E-state index in [1.165, 1.54) is 12.8 Å². The molecule has 0 saturated heterocycles. The lowest BCUT2D eigenvalue weighted by atomic mass is 10.1. The molecule has 100 valence electrons. The van der Waals surface area contributed by atoms with Crippen LogP contribution in [-0.4, -0.2) is 11.6 Å². The Labute approximate surface area is 110 Å². The monoisotopic (exact) mass is 248 g/mol. The summed E-state index contributed by atoms with van der Waals surface area (Å²) in [5.74, 6) is -0.561. The molecule has 0 heterocycles. The topological polar surface area (TPSA) is 34.1 Å². The number of hydrogen-bond donors (Lipinski definition) is 0. The Morgan fingerprint density at radius 2 is 1.22 bits per heavy atom. The molecule has 1 aromatic carbocycles. The molecule has 0 bridgehead atoms. The zero-order valence-corrected chi connectivity index (χ0v) is 12.1. The summed E-state index contributed by atoms with van der Waals surface area (Å²) >= 11 is 0. The largest absolute Gasteiger partial charge is 0.293 e. The fraction of sp³-hybridized carbons (Fsp3) is 0.500. The third-order valence-corrected chi connectivity index (χ3v) is 2.74. The second-order valence-electron chi connectivity index (χ2n) is 4.00. The predicted octanol–water partition coefficient (Wildman–Crippen LogP) is 4.53. The first kappa shape index (κ1) is 16.6. The smallest absolute Gasteiger partial charge is 0.174 e. The minimum Gasteiger partial charge on any atom is -0.293 e. The number of hydrogen-bond acceptors (Lipinski definition) is 2. The highest BCUT2D eigenvalue weighted by Crippen LogP contribution is 2.25. The molecule has 2 rings (SSSR count). The van der Waals surface area contributed by atoms with Crippen molar-refractivity contribution in [2.75, 3.05) is 0 Å². The van der Waals surface area contributed by atoms with Crippen LogP contribution in [0.1, 0.15) is 68.2 Å². The first-order valence-electron chi connectivity index (χ1n) is 6.80. The van der Waals surface area contributed by atoms with Crippen molar-refractivity contribution in [2.24, 2.45) is 5.92 Å².